The van der Waals surface area contributed by atoms with Crippen molar-refractivity contribution in [3.8, 4) is 5.75 Å². The number of rotatable bonds is 4. The number of nitrogens with one attached hydrogen (secondary N) is 1. The van der Waals surface area contributed by atoms with Crippen molar-refractivity contribution in [2.45, 2.75) is 6.54 Å². The first-order chi connectivity index (χ1) is 8.69. The molecule has 0 aliphatic carbocycles. The average Bonchev–Trinajstić information content (AvgIpc) is 2.37. The van der Waals surface area contributed by atoms with Crippen LogP contribution < -0.4 is 15.8 Å². The molecule has 4 heteroatoms. The van der Waals surface area contributed by atoms with E-state index in [2.05, 4.69) is 27.3 Å². The minimum atomic E-state index is 0.684. The van der Waals surface area contributed by atoms with E-state index >= 15 is 0 Å². The molecule has 0 aliphatic heterocycles. The van der Waals surface area contributed by atoms with Crippen LogP contribution in [0, 0.1) is 0 Å². The molecule has 0 aromatic heterocycles. The van der Waals surface area contributed by atoms with Crippen LogP contribution in [-0.2, 0) is 6.54 Å². The van der Waals surface area contributed by atoms with E-state index in [0.29, 0.717) is 5.69 Å². The Morgan fingerprint density at radius 2 is 2.00 bits per heavy atom. The Kier molecular flexibility index (Phi) is 4.10. The first-order valence-corrected chi connectivity index (χ1v) is 6.40. The second kappa shape index (κ2) is 5.78. The Bertz CT molecular complexity index is 543. The van der Waals surface area contributed by atoms with Crippen molar-refractivity contribution in [3.63, 3.8) is 0 Å². The summed E-state index contributed by atoms with van der Waals surface area (Å²) in [7, 11) is 1.63. The zero-order chi connectivity index (χ0) is 13.0. The number of hydrogen-bond donors (Lipinski definition) is 2. The molecule has 0 atom stereocenters. The third kappa shape index (κ3) is 3.17. The van der Waals surface area contributed by atoms with Crippen LogP contribution in [0.5, 0.6) is 5.75 Å². The number of halogens is 1. The van der Waals surface area contributed by atoms with E-state index in [1.54, 1.807) is 13.2 Å². The minimum absolute atomic E-state index is 0.684. The van der Waals surface area contributed by atoms with Crippen LogP contribution in [0.1, 0.15) is 5.56 Å². The first kappa shape index (κ1) is 12.8. The third-order valence-electron chi connectivity index (χ3n) is 2.61. The highest BCUT2D eigenvalue weighted by atomic mass is 79.9. The molecule has 0 saturated carbocycles. The Hall–Kier alpha value is -1.68. The van der Waals surface area contributed by atoms with Gasteiger partial charge in [0.05, 0.1) is 7.11 Å². The molecule has 3 N–H and O–H groups in total. The fourth-order valence-corrected chi connectivity index (χ4v) is 2.11. The maximum atomic E-state index is 5.80. The maximum Gasteiger partial charge on any atom is 0.122 e. The summed E-state index contributed by atoms with van der Waals surface area (Å²) in [6.07, 6.45) is 0. The molecule has 18 heavy (non-hydrogen) atoms. The van der Waals surface area contributed by atoms with Gasteiger partial charge in [-0.1, -0.05) is 34.1 Å². The molecule has 0 saturated heterocycles. The van der Waals surface area contributed by atoms with Gasteiger partial charge in [0.15, 0.2) is 0 Å². The monoisotopic (exact) mass is 306 g/mol. The van der Waals surface area contributed by atoms with Crippen LogP contribution >= 0.6 is 15.9 Å². The minimum Gasteiger partial charge on any atom is -0.497 e. The van der Waals surface area contributed by atoms with E-state index in [9.17, 15) is 0 Å². The van der Waals surface area contributed by atoms with Crippen molar-refractivity contribution in [2.75, 3.05) is 18.2 Å². The van der Waals surface area contributed by atoms with Crippen LogP contribution in [0.25, 0.3) is 0 Å². The van der Waals surface area contributed by atoms with Crippen molar-refractivity contribution in [3.05, 3.63) is 52.5 Å². The van der Waals surface area contributed by atoms with Gasteiger partial charge in [0.2, 0.25) is 0 Å². The maximum absolute atomic E-state index is 5.80. The highest BCUT2D eigenvalue weighted by molar-refractivity contribution is 9.10. The van der Waals surface area contributed by atoms with Gasteiger partial charge in [0.1, 0.15) is 5.75 Å². The van der Waals surface area contributed by atoms with Crippen molar-refractivity contribution in [2.24, 2.45) is 0 Å². The molecule has 0 radical (unpaired) electrons. The van der Waals surface area contributed by atoms with Crippen molar-refractivity contribution >= 4 is 27.3 Å². The number of nitrogens with two attached hydrogens (primary N) is 1. The topological polar surface area (TPSA) is 47.3 Å². The van der Waals surface area contributed by atoms with Crippen LogP contribution in [-0.4, -0.2) is 7.11 Å². The lowest BCUT2D eigenvalue weighted by Crippen LogP contribution is -2.01. The predicted molar refractivity (Wildman–Crippen MR) is 78.9 cm³/mol. The zero-order valence-electron chi connectivity index (χ0n) is 10.1. The van der Waals surface area contributed by atoms with Gasteiger partial charge in [-0.2, -0.15) is 0 Å². The van der Waals surface area contributed by atoms with Crippen molar-refractivity contribution in [1.29, 1.82) is 0 Å². The van der Waals surface area contributed by atoms with Gasteiger partial charge in [0, 0.05) is 34.5 Å². The second-order valence-corrected chi connectivity index (χ2v) is 4.79. The molecule has 0 aliphatic rings. The molecule has 94 valence electrons. The normalized spacial score (nSPS) is 10.1. The number of anilines is 2. The molecule has 0 unspecified atom stereocenters. The van der Waals surface area contributed by atoms with E-state index in [4.69, 9.17) is 10.5 Å². The molecular weight excluding hydrogens is 292 g/mol. The van der Waals surface area contributed by atoms with E-state index < -0.39 is 0 Å². The van der Waals surface area contributed by atoms with Gasteiger partial charge in [-0.25, -0.2) is 0 Å². The van der Waals surface area contributed by atoms with Crippen molar-refractivity contribution in [1.82, 2.24) is 0 Å². The summed E-state index contributed by atoms with van der Waals surface area (Å²) >= 11 is 3.52. The van der Waals surface area contributed by atoms with Gasteiger partial charge >= 0.3 is 0 Å². The summed E-state index contributed by atoms with van der Waals surface area (Å²) in [6, 6.07) is 13.7. The standard InChI is InChI=1S/C14H15BrN2O/c1-18-13-7-11(16)6-12(8-13)17-9-10-4-2-3-5-14(10)15/h2-8,17H,9,16H2,1H3. The lowest BCUT2D eigenvalue weighted by atomic mass is 10.2. The van der Waals surface area contributed by atoms with Gasteiger partial charge in [0.25, 0.3) is 0 Å². The van der Waals surface area contributed by atoms with E-state index in [0.717, 1.165) is 22.5 Å². The highest BCUT2D eigenvalue weighted by Gasteiger charge is 2.01. The van der Waals surface area contributed by atoms with Crippen LogP contribution in [0.4, 0.5) is 11.4 Å². The lowest BCUT2D eigenvalue weighted by molar-refractivity contribution is 0.415. The number of benzene rings is 2. The van der Waals surface area contributed by atoms with Crippen LogP contribution in [0.2, 0.25) is 0 Å². The zero-order valence-corrected chi connectivity index (χ0v) is 11.7. The molecule has 2 rings (SSSR count). The molecule has 0 fully saturated rings. The Morgan fingerprint density at radius 1 is 1.22 bits per heavy atom. The highest BCUT2D eigenvalue weighted by Crippen LogP contribution is 2.23. The van der Waals surface area contributed by atoms with E-state index in [-0.39, 0.29) is 0 Å². The fraction of sp³-hybridized carbons (Fsp3) is 0.143. The van der Waals surface area contributed by atoms with Gasteiger partial charge in [-0.05, 0) is 17.7 Å². The second-order valence-electron chi connectivity index (χ2n) is 3.94. The first-order valence-electron chi connectivity index (χ1n) is 5.61. The molecule has 2 aromatic rings. The van der Waals surface area contributed by atoms with Crippen molar-refractivity contribution < 1.29 is 4.74 Å². The summed E-state index contributed by atoms with van der Waals surface area (Å²) in [6.45, 7) is 0.730. The largest absolute Gasteiger partial charge is 0.497 e. The van der Waals surface area contributed by atoms with E-state index in [1.165, 1.54) is 5.56 Å². The summed E-state index contributed by atoms with van der Waals surface area (Å²) < 4.78 is 6.27. The molecule has 3 nitrogen and oxygen atoms in total. The fourth-order valence-electron chi connectivity index (χ4n) is 1.68. The molecule has 0 spiro atoms. The molecule has 0 bridgehead atoms. The van der Waals surface area contributed by atoms with Gasteiger partial charge in [-0.3, -0.25) is 0 Å². The quantitative estimate of drug-likeness (QED) is 0.848. The predicted octanol–water partition coefficient (Wildman–Crippen LogP) is 3.65. The number of hydrogen-bond acceptors (Lipinski definition) is 3. The molecule has 2 aromatic carbocycles. The van der Waals surface area contributed by atoms with Gasteiger partial charge in [-0.15, -0.1) is 0 Å². The number of methoxy groups -OCH3 is 1. The summed E-state index contributed by atoms with van der Waals surface area (Å²) in [4.78, 5) is 0. The number of ether oxygens (including phenoxy) is 1. The molecule has 0 amide bonds. The number of nitrogen functional groups attached to an aromatic ring is 1. The van der Waals surface area contributed by atoms with E-state index in [1.807, 2.05) is 30.3 Å². The Morgan fingerprint density at radius 3 is 2.72 bits per heavy atom. The SMILES string of the molecule is COc1cc(N)cc(NCc2ccccc2Br)c1. The van der Waals surface area contributed by atoms with Crippen LogP contribution in [0.3, 0.4) is 0 Å². The summed E-state index contributed by atoms with van der Waals surface area (Å²) in [5, 5.41) is 3.33. The summed E-state index contributed by atoms with van der Waals surface area (Å²) in [5.74, 6) is 0.754. The van der Waals surface area contributed by atoms with Gasteiger partial charge < -0.3 is 15.8 Å². The molecule has 0 heterocycles. The smallest absolute Gasteiger partial charge is 0.122 e. The molecular formula is C14H15BrN2O. The lowest BCUT2D eigenvalue weighted by Gasteiger charge is -2.10. The average molecular weight is 307 g/mol. The van der Waals surface area contributed by atoms with Crippen LogP contribution in [0.15, 0.2) is 46.9 Å². The Balaban J connectivity index is 2.11. The summed E-state index contributed by atoms with van der Waals surface area (Å²) in [5.41, 5.74) is 8.63. The Labute approximate surface area is 115 Å². The third-order valence-corrected chi connectivity index (χ3v) is 3.38.